The Bertz CT molecular complexity index is 573. The smallest absolute Gasteiger partial charge is 0.0950 e. The fourth-order valence-electron chi connectivity index (χ4n) is 3.08. The van der Waals surface area contributed by atoms with Gasteiger partial charge >= 0.3 is 0 Å². The van der Waals surface area contributed by atoms with Crippen molar-refractivity contribution in [1.82, 2.24) is 15.1 Å². The molecule has 3 rings (SSSR count). The number of hydrogen-bond donors (Lipinski definition) is 1. The zero-order chi connectivity index (χ0) is 14.5. The van der Waals surface area contributed by atoms with Gasteiger partial charge in [-0.25, -0.2) is 0 Å². The molecular formula is C17H24N4. The third-order valence-corrected chi connectivity index (χ3v) is 4.21. The van der Waals surface area contributed by atoms with E-state index in [4.69, 9.17) is 0 Å². The van der Waals surface area contributed by atoms with E-state index in [1.807, 2.05) is 24.4 Å². The van der Waals surface area contributed by atoms with Crippen LogP contribution in [0.4, 0.5) is 5.69 Å². The molecule has 1 unspecified atom stereocenters. The van der Waals surface area contributed by atoms with Gasteiger partial charge in [-0.1, -0.05) is 31.5 Å². The quantitative estimate of drug-likeness (QED) is 0.915. The van der Waals surface area contributed by atoms with Gasteiger partial charge in [-0.2, -0.15) is 10.2 Å². The fourth-order valence-corrected chi connectivity index (χ4v) is 3.08. The Morgan fingerprint density at radius 2 is 2.00 bits per heavy atom. The highest BCUT2D eigenvalue weighted by Gasteiger charge is 2.13. The minimum absolute atomic E-state index is 0.634. The number of likely N-dealkylation sites (tertiary alicyclic amines) is 1. The van der Waals surface area contributed by atoms with Gasteiger partial charge < -0.3 is 10.2 Å². The minimum atomic E-state index is 0.634. The molecule has 1 fully saturated rings. The van der Waals surface area contributed by atoms with Crippen LogP contribution in [0.1, 0.15) is 26.2 Å². The second-order valence-electron chi connectivity index (χ2n) is 6.12. The van der Waals surface area contributed by atoms with Crippen LogP contribution in [-0.2, 0) is 0 Å². The van der Waals surface area contributed by atoms with Gasteiger partial charge in [0.15, 0.2) is 0 Å². The number of rotatable bonds is 5. The normalized spacial score (nSPS) is 17.8. The monoisotopic (exact) mass is 284 g/mol. The predicted molar refractivity (Wildman–Crippen MR) is 87.5 cm³/mol. The van der Waals surface area contributed by atoms with Gasteiger partial charge in [0.25, 0.3) is 0 Å². The number of aromatic nitrogens is 2. The van der Waals surface area contributed by atoms with Crippen LogP contribution in [0.2, 0.25) is 0 Å². The third-order valence-electron chi connectivity index (χ3n) is 4.21. The molecular weight excluding hydrogens is 260 g/mol. The standard InChI is InChI=1S/C17H24N4/c1-14(13-21-9-5-2-6-10-21)11-18-17-12-19-20-16-8-4-3-7-15(16)17/h3-4,7-8,12,14H,2,5-6,9-11,13H2,1H3,(H,18,20). The van der Waals surface area contributed by atoms with Crippen molar-refractivity contribution in [3.05, 3.63) is 30.5 Å². The second-order valence-corrected chi connectivity index (χ2v) is 6.12. The van der Waals surface area contributed by atoms with E-state index in [-0.39, 0.29) is 0 Å². The lowest BCUT2D eigenvalue weighted by Crippen LogP contribution is -2.35. The third kappa shape index (κ3) is 3.70. The lowest BCUT2D eigenvalue weighted by atomic mass is 10.1. The van der Waals surface area contributed by atoms with Crippen molar-refractivity contribution in [2.24, 2.45) is 5.92 Å². The first-order valence-electron chi connectivity index (χ1n) is 7.99. The summed E-state index contributed by atoms with van der Waals surface area (Å²) in [4.78, 5) is 2.60. The number of piperidine rings is 1. The average molecular weight is 284 g/mol. The van der Waals surface area contributed by atoms with Gasteiger partial charge in [0, 0.05) is 18.5 Å². The molecule has 1 saturated heterocycles. The van der Waals surface area contributed by atoms with Crippen LogP contribution in [-0.4, -0.2) is 41.3 Å². The molecule has 4 heteroatoms. The van der Waals surface area contributed by atoms with Crippen molar-refractivity contribution < 1.29 is 0 Å². The highest BCUT2D eigenvalue weighted by Crippen LogP contribution is 2.20. The molecule has 2 heterocycles. The SMILES string of the molecule is CC(CNc1cnnc2ccccc12)CN1CCCCC1. The summed E-state index contributed by atoms with van der Waals surface area (Å²) in [5.41, 5.74) is 2.04. The summed E-state index contributed by atoms with van der Waals surface area (Å²) in [5.74, 6) is 0.634. The van der Waals surface area contributed by atoms with Gasteiger partial charge in [-0.3, -0.25) is 0 Å². The Hall–Kier alpha value is -1.68. The van der Waals surface area contributed by atoms with E-state index < -0.39 is 0 Å². The van der Waals surface area contributed by atoms with E-state index in [2.05, 4.69) is 33.4 Å². The van der Waals surface area contributed by atoms with Crippen molar-refractivity contribution in [1.29, 1.82) is 0 Å². The summed E-state index contributed by atoms with van der Waals surface area (Å²) in [6.07, 6.45) is 5.95. The summed E-state index contributed by atoms with van der Waals surface area (Å²) >= 11 is 0. The zero-order valence-electron chi connectivity index (χ0n) is 12.8. The molecule has 1 aromatic heterocycles. The fraction of sp³-hybridized carbons (Fsp3) is 0.529. The van der Waals surface area contributed by atoms with Gasteiger partial charge in [-0.15, -0.1) is 0 Å². The van der Waals surface area contributed by atoms with E-state index in [9.17, 15) is 0 Å². The van der Waals surface area contributed by atoms with Crippen molar-refractivity contribution in [2.75, 3.05) is 31.5 Å². The number of nitrogens with zero attached hydrogens (tertiary/aromatic N) is 3. The van der Waals surface area contributed by atoms with Crippen LogP contribution in [0.15, 0.2) is 30.5 Å². The molecule has 1 N–H and O–H groups in total. The molecule has 4 nitrogen and oxygen atoms in total. The number of anilines is 1. The molecule has 1 aromatic carbocycles. The Labute approximate surface area is 126 Å². The number of nitrogens with one attached hydrogen (secondary N) is 1. The molecule has 0 saturated carbocycles. The summed E-state index contributed by atoms with van der Waals surface area (Å²) in [6, 6.07) is 8.15. The lowest BCUT2D eigenvalue weighted by Gasteiger charge is -2.29. The van der Waals surface area contributed by atoms with Gasteiger partial charge in [0.2, 0.25) is 0 Å². The Morgan fingerprint density at radius 3 is 2.86 bits per heavy atom. The number of fused-ring (bicyclic) bond motifs is 1. The summed E-state index contributed by atoms with van der Waals surface area (Å²) in [7, 11) is 0. The Balaban J connectivity index is 1.58. The lowest BCUT2D eigenvalue weighted by molar-refractivity contribution is 0.204. The first-order chi connectivity index (χ1) is 10.3. The Kier molecular flexibility index (Phi) is 4.65. The first-order valence-corrected chi connectivity index (χ1v) is 7.99. The van der Waals surface area contributed by atoms with Crippen molar-refractivity contribution in [2.45, 2.75) is 26.2 Å². The van der Waals surface area contributed by atoms with Crippen LogP contribution in [0, 0.1) is 5.92 Å². The van der Waals surface area contributed by atoms with Crippen molar-refractivity contribution in [3.63, 3.8) is 0 Å². The molecule has 112 valence electrons. The molecule has 0 radical (unpaired) electrons. The minimum Gasteiger partial charge on any atom is -0.383 e. The molecule has 0 aliphatic carbocycles. The predicted octanol–water partition coefficient (Wildman–Crippen LogP) is 3.16. The highest BCUT2D eigenvalue weighted by atomic mass is 15.1. The summed E-state index contributed by atoms with van der Waals surface area (Å²) in [5, 5.41) is 12.9. The van der Waals surface area contributed by atoms with E-state index in [0.717, 1.165) is 23.1 Å². The second kappa shape index (κ2) is 6.85. The first kappa shape index (κ1) is 14.3. The van der Waals surface area contributed by atoms with E-state index >= 15 is 0 Å². The Morgan fingerprint density at radius 1 is 1.19 bits per heavy atom. The average Bonchev–Trinajstić information content (AvgIpc) is 2.54. The van der Waals surface area contributed by atoms with Gasteiger partial charge in [-0.05, 0) is 37.9 Å². The summed E-state index contributed by atoms with van der Waals surface area (Å²) in [6.45, 7) is 7.02. The zero-order valence-corrected chi connectivity index (χ0v) is 12.8. The van der Waals surface area contributed by atoms with Crippen LogP contribution in [0.25, 0.3) is 10.9 Å². The molecule has 0 amide bonds. The molecule has 1 atom stereocenters. The summed E-state index contributed by atoms with van der Waals surface area (Å²) < 4.78 is 0. The molecule has 0 bridgehead atoms. The largest absolute Gasteiger partial charge is 0.383 e. The van der Waals surface area contributed by atoms with E-state index in [1.54, 1.807) is 0 Å². The van der Waals surface area contributed by atoms with Gasteiger partial charge in [0.1, 0.15) is 0 Å². The van der Waals surface area contributed by atoms with Crippen LogP contribution < -0.4 is 5.32 Å². The van der Waals surface area contributed by atoms with E-state index in [0.29, 0.717) is 5.92 Å². The van der Waals surface area contributed by atoms with Crippen LogP contribution in [0.5, 0.6) is 0 Å². The molecule has 21 heavy (non-hydrogen) atoms. The van der Waals surface area contributed by atoms with Crippen molar-refractivity contribution >= 4 is 16.6 Å². The topological polar surface area (TPSA) is 41.1 Å². The molecule has 1 aliphatic rings. The number of benzene rings is 1. The van der Waals surface area contributed by atoms with E-state index in [1.165, 1.54) is 38.9 Å². The van der Waals surface area contributed by atoms with Crippen LogP contribution >= 0.6 is 0 Å². The van der Waals surface area contributed by atoms with Gasteiger partial charge in [0.05, 0.1) is 17.4 Å². The molecule has 0 spiro atoms. The number of hydrogen-bond acceptors (Lipinski definition) is 4. The van der Waals surface area contributed by atoms with Crippen molar-refractivity contribution in [3.8, 4) is 0 Å². The highest BCUT2D eigenvalue weighted by molar-refractivity contribution is 5.90. The maximum atomic E-state index is 4.16. The maximum absolute atomic E-state index is 4.16. The van der Waals surface area contributed by atoms with Crippen LogP contribution in [0.3, 0.4) is 0 Å². The maximum Gasteiger partial charge on any atom is 0.0950 e. The molecule has 1 aliphatic heterocycles. The molecule has 2 aromatic rings.